The van der Waals surface area contributed by atoms with Crippen LogP contribution in [-0.2, 0) is 43.2 Å². The molecule has 2 aliphatic rings. The third-order valence-electron chi connectivity index (χ3n) is 9.86. The van der Waals surface area contributed by atoms with Crippen LogP contribution in [0.15, 0.2) is 0 Å². The van der Waals surface area contributed by atoms with E-state index in [1.165, 1.54) is 16.7 Å². The van der Waals surface area contributed by atoms with Crippen LogP contribution in [0.2, 0.25) is 0 Å². The number of aliphatic hydroxyl groups is 1. The first-order valence-corrected chi connectivity index (χ1v) is 18.7. The first kappa shape index (κ1) is 46.3. The zero-order valence-corrected chi connectivity index (χ0v) is 32.1. The zero-order valence-electron chi connectivity index (χ0n) is 32.1. The fourth-order valence-corrected chi connectivity index (χ4v) is 6.63. The van der Waals surface area contributed by atoms with Crippen LogP contribution in [0, 0.1) is 11.8 Å². The molecule has 9 atom stereocenters. The van der Waals surface area contributed by atoms with E-state index in [0.717, 1.165) is 0 Å². The lowest BCUT2D eigenvalue weighted by Gasteiger charge is -2.33. The van der Waals surface area contributed by atoms with Crippen molar-refractivity contribution in [3.63, 3.8) is 0 Å². The van der Waals surface area contributed by atoms with E-state index in [0.29, 0.717) is 19.3 Å². The maximum Gasteiger partial charge on any atom is 0.326 e. The van der Waals surface area contributed by atoms with E-state index in [9.17, 15) is 53.4 Å². The van der Waals surface area contributed by atoms with Crippen molar-refractivity contribution >= 4 is 53.3 Å². The highest BCUT2D eigenvalue weighted by Gasteiger charge is 2.43. The Hall–Kier alpha value is -4.85. The number of nitrogens with one attached hydrogen (secondary N) is 4. The molecule has 2 heterocycles. The number of nitrogens with zero attached hydrogens (tertiary/aromatic N) is 2. The largest absolute Gasteiger partial charge is 0.481 e. The van der Waals surface area contributed by atoms with Gasteiger partial charge in [0, 0.05) is 19.5 Å². The number of rotatable bonds is 21. The van der Waals surface area contributed by atoms with Crippen molar-refractivity contribution in [2.45, 2.75) is 141 Å². The molecule has 2 aliphatic heterocycles. The van der Waals surface area contributed by atoms with E-state index in [2.05, 4.69) is 21.3 Å². The molecule has 310 valence electrons. The third-order valence-corrected chi connectivity index (χ3v) is 9.86. The van der Waals surface area contributed by atoms with Gasteiger partial charge in [0.05, 0.1) is 18.6 Å². The van der Waals surface area contributed by atoms with Crippen molar-refractivity contribution in [2.24, 2.45) is 23.3 Å². The molecule has 0 saturated carbocycles. The van der Waals surface area contributed by atoms with Crippen molar-refractivity contribution in [1.29, 1.82) is 0 Å². The summed E-state index contributed by atoms with van der Waals surface area (Å²) in [6.45, 7) is 8.68. The summed E-state index contributed by atoms with van der Waals surface area (Å²) in [6, 6.07) is -8.86. The van der Waals surface area contributed by atoms with Gasteiger partial charge in [0.2, 0.25) is 41.4 Å². The Balaban J connectivity index is 2.25. The van der Waals surface area contributed by atoms with Gasteiger partial charge in [-0.05, 0) is 57.3 Å². The van der Waals surface area contributed by atoms with Gasteiger partial charge in [-0.25, -0.2) is 4.79 Å². The Morgan fingerprint density at radius 1 is 0.745 bits per heavy atom. The minimum absolute atomic E-state index is 0.0886. The van der Waals surface area contributed by atoms with Crippen LogP contribution >= 0.6 is 0 Å². The lowest BCUT2D eigenvalue weighted by Crippen LogP contribution is -2.61. The number of amides is 7. The number of carboxylic acid groups (broad SMARTS) is 2. The lowest BCUT2D eigenvalue weighted by atomic mass is 9.96. The van der Waals surface area contributed by atoms with Crippen molar-refractivity contribution < 1.29 is 58.5 Å². The van der Waals surface area contributed by atoms with Crippen molar-refractivity contribution in [2.75, 3.05) is 13.1 Å². The van der Waals surface area contributed by atoms with Gasteiger partial charge in [0.25, 0.3) is 0 Å². The first-order valence-electron chi connectivity index (χ1n) is 18.7. The number of likely N-dealkylation sites (tertiary alicyclic amines) is 2. The number of hydrogen-bond donors (Lipinski definition) is 9. The van der Waals surface area contributed by atoms with Crippen LogP contribution in [0.4, 0.5) is 0 Å². The number of carboxylic acids is 2. The van der Waals surface area contributed by atoms with Crippen LogP contribution < -0.4 is 32.7 Å². The number of hydrogen-bond acceptors (Lipinski definition) is 11. The quantitative estimate of drug-likeness (QED) is 0.0584. The topological polar surface area (TPSA) is 321 Å². The summed E-state index contributed by atoms with van der Waals surface area (Å²) in [5, 5.41) is 39.0. The van der Waals surface area contributed by atoms with E-state index in [-0.39, 0.29) is 51.1 Å². The second-order valence-electron chi connectivity index (χ2n) is 14.8. The Labute approximate surface area is 319 Å². The molecule has 20 heteroatoms. The van der Waals surface area contributed by atoms with Crippen LogP contribution in [0.25, 0.3) is 0 Å². The van der Waals surface area contributed by atoms with E-state index in [1.807, 2.05) is 13.8 Å². The summed E-state index contributed by atoms with van der Waals surface area (Å²) in [5.41, 5.74) is 10.8. The second-order valence-corrected chi connectivity index (χ2v) is 14.8. The van der Waals surface area contributed by atoms with Gasteiger partial charge in [-0.3, -0.25) is 38.4 Å². The molecule has 0 spiro atoms. The molecule has 0 aromatic rings. The monoisotopic (exact) mass is 782 g/mol. The molecule has 2 fully saturated rings. The summed E-state index contributed by atoms with van der Waals surface area (Å²) in [7, 11) is 0. The molecule has 0 aromatic carbocycles. The van der Waals surface area contributed by atoms with Gasteiger partial charge < -0.3 is 57.9 Å². The Morgan fingerprint density at radius 3 is 1.76 bits per heavy atom. The van der Waals surface area contributed by atoms with Gasteiger partial charge in [0.15, 0.2) is 0 Å². The summed E-state index contributed by atoms with van der Waals surface area (Å²) in [5.74, 6) is -8.45. The van der Waals surface area contributed by atoms with E-state index < -0.39 is 114 Å². The lowest BCUT2D eigenvalue weighted by molar-refractivity contribution is -0.146. The Bertz CT molecular complexity index is 1440. The van der Waals surface area contributed by atoms with Crippen LogP contribution in [0.3, 0.4) is 0 Å². The normalized spacial score (nSPS) is 20.7. The second kappa shape index (κ2) is 21.3. The highest BCUT2D eigenvalue weighted by molar-refractivity contribution is 5.98. The number of carbonyl (C=O) groups is 9. The molecule has 0 bridgehead atoms. The Morgan fingerprint density at radius 2 is 1.29 bits per heavy atom. The summed E-state index contributed by atoms with van der Waals surface area (Å²) < 4.78 is 0. The molecular weight excluding hydrogens is 724 g/mol. The first-order chi connectivity index (χ1) is 25.7. The van der Waals surface area contributed by atoms with Gasteiger partial charge in [-0.15, -0.1) is 0 Å². The highest BCUT2D eigenvalue weighted by Crippen LogP contribution is 2.23. The average Bonchev–Trinajstić information content (AvgIpc) is 3.80. The number of nitrogens with two attached hydrogens (primary N) is 2. The predicted octanol–water partition coefficient (Wildman–Crippen LogP) is -2.47. The Kier molecular flexibility index (Phi) is 17.9. The third kappa shape index (κ3) is 13.4. The number of carbonyl (C=O) groups excluding carboxylic acids is 7. The van der Waals surface area contributed by atoms with Crippen LogP contribution in [0.1, 0.15) is 92.4 Å². The van der Waals surface area contributed by atoms with Crippen molar-refractivity contribution in [3.8, 4) is 0 Å². The van der Waals surface area contributed by atoms with E-state index in [4.69, 9.17) is 16.6 Å². The minimum Gasteiger partial charge on any atom is -0.481 e. The molecular formula is C35H58N8O12. The predicted molar refractivity (Wildman–Crippen MR) is 194 cm³/mol. The van der Waals surface area contributed by atoms with Crippen LogP contribution in [-0.4, -0.2) is 140 Å². The number of aliphatic hydroxyl groups excluding tert-OH is 1. The molecule has 20 nitrogen and oxygen atoms in total. The summed E-state index contributed by atoms with van der Waals surface area (Å²) in [4.78, 5) is 117. The number of aliphatic carboxylic acids is 2. The van der Waals surface area contributed by atoms with Gasteiger partial charge in [-0.2, -0.15) is 0 Å². The highest BCUT2D eigenvalue weighted by atomic mass is 16.4. The molecule has 11 N–H and O–H groups in total. The molecule has 55 heavy (non-hydrogen) atoms. The smallest absolute Gasteiger partial charge is 0.326 e. The molecule has 0 aliphatic carbocycles. The fourth-order valence-electron chi connectivity index (χ4n) is 6.63. The minimum atomic E-state index is -1.54. The molecule has 2 saturated heterocycles. The number of primary amides is 1. The van der Waals surface area contributed by atoms with Gasteiger partial charge in [0.1, 0.15) is 36.3 Å². The van der Waals surface area contributed by atoms with Crippen LogP contribution in [0.5, 0.6) is 0 Å². The molecule has 2 rings (SSSR count). The van der Waals surface area contributed by atoms with Gasteiger partial charge >= 0.3 is 11.9 Å². The van der Waals surface area contributed by atoms with Gasteiger partial charge in [-0.1, -0.05) is 34.1 Å². The standard InChI is InChI=1S/C35H58N8O12/c1-6-18(4)27(40-31(50)24-10-8-14-43(24)34(53)28(19(5)44)41-29(48)20(36)16-26(46)47)32(51)39-22(15-17(2)3)33(52)42-13-7-9-23(42)30(49)38-21(35(54)55)11-12-25(37)45/h17-24,27-28,44H,6-16,36H2,1-5H3,(H2,37,45)(H,38,49)(H,39,51)(H,40,50)(H,41,48)(H,46,47)(H,54,55). The van der Waals surface area contributed by atoms with E-state index in [1.54, 1.807) is 13.8 Å². The average molecular weight is 783 g/mol. The zero-order chi connectivity index (χ0) is 41.7. The molecule has 9 unspecified atom stereocenters. The molecule has 0 aromatic heterocycles. The maximum absolute atomic E-state index is 14.0. The fraction of sp³-hybridized carbons (Fsp3) is 0.743. The SMILES string of the molecule is CCC(C)C(NC(=O)C1CCCN1C(=O)C(NC(=O)C(N)CC(=O)O)C(C)O)C(=O)NC(CC(C)C)C(=O)N1CCCC1C(=O)NC(CCC(N)=O)C(=O)O. The molecule has 7 amide bonds. The van der Waals surface area contributed by atoms with Crippen molar-refractivity contribution in [1.82, 2.24) is 31.1 Å². The molecule has 0 radical (unpaired) electrons. The maximum atomic E-state index is 14.0. The summed E-state index contributed by atoms with van der Waals surface area (Å²) in [6.07, 6.45) is -0.821. The van der Waals surface area contributed by atoms with E-state index >= 15 is 0 Å². The summed E-state index contributed by atoms with van der Waals surface area (Å²) >= 11 is 0. The van der Waals surface area contributed by atoms with Crippen molar-refractivity contribution in [3.05, 3.63) is 0 Å².